The smallest absolute Gasteiger partial charge is 0.326 e. The van der Waals surface area contributed by atoms with Crippen LogP contribution in [-0.2, 0) is 9.53 Å². The molecule has 122 valence electrons. The molecule has 0 aliphatic heterocycles. The summed E-state index contributed by atoms with van der Waals surface area (Å²) >= 11 is 0. The van der Waals surface area contributed by atoms with Gasteiger partial charge in [0.15, 0.2) is 0 Å². The van der Waals surface area contributed by atoms with Crippen LogP contribution in [0.5, 0.6) is 0 Å². The molecule has 1 saturated carbocycles. The Bertz CT molecular complexity index is 317. The van der Waals surface area contributed by atoms with Crippen molar-refractivity contribution in [3.63, 3.8) is 0 Å². The fraction of sp³-hybridized carbons (Fsp3) is 0.867. The highest BCUT2D eigenvalue weighted by Crippen LogP contribution is 2.26. The third-order valence-corrected chi connectivity index (χ3v) is 3.85. The predicted octanol–water partition coefficient (Wildman–Crippen LogP) is 2.14. The lowest BCUT2D eigenvalue weighted by molar-refractivity contribution is -0.141. The Kier molecular flexibility index (Phi) is 8.82. The van der Waals surface area contributed by atoms with Gasteiger partial charge in [0.05, 0.1) is 6.61 Å². The summed E-state index contributed by atoms with van der Waals surface area (Å²) in [6.45, 7) is 3.63. The molecular weight excluding hydrogens is 272 g/mol. The SMILES string of the molecule is CCCCOCCNC(=O)NC(C(=O)O)C1CCCCC1. The monoisotopic (exact) mass is 300 g/mol. The van der Waals surface area contributed by atoms with Crippen molar-refractivity contribution in [1.29, 1.82) is 0 Å². The van der Waals surface area contributed by atoms with Gasteiger partial charge in [0.2, 0.25) is 0 Å². The first-order valence-corrected chi connectivity index (χ1v) is 8.00. The molecule has 3 N–H and O–H groups in total. The molecule has 6 heteroatoms. The van der Waals surface area contributed by atoms with Crippen molar-refractivity contribution in [3.8, 4) is 0 Å². The first-order chi connectivity index (χ1) is 10.1. The summed E-state index contributed by atoms with van der Waals surface area (Å²) in [7, 11) is 0. The maximum atomic E-state index is 11.7. The predicted molar refractivity (Wildman–Crippen MR) is 80.3 cm³/mol. The zero-order valence-electron chi connectivity index (χ0n) is 12.9. The number of hydrogen-bond donors (Lipinski definition) is 3. The summed E-state index contributed by atoms with van der Waals surface area (Å²) < 4.78 is 5.33. The van der Waals surface area contributed by atoms with Crippen molar-refractivity contribution >= 4 is 12.0 Å². The molecule has 21 heavy (non-hydrogen) atoms. The molecule has 1 aliphatic rings. The minimum absolute atomic E-state index is 0.0443. The fourth-order valence-corrected chi connectivity index (χ4v) is 2.63. The molecule has 1 atom stereocenters. The normalized spacial score (nSPS) is 17.2. The van der Waals surface area contributed by atoms with E-state index in [4.69, 9.17) is 4.74 Å². The van der Waals surface area contributed by atoms with Gasteiger partial charge >= 0.3 is 12.0 Å². The van der Waals surface area contributed by atoms with Gasteiger partial charge in [0, 0.05) is 13.2 Å². The molecule has 0 heterocycles. The first-order valence-electron chi connectivity index (χ1n) is 8.00. The van der Waals surface area contributed by atoms with Crippen LogP contribution in [0.15, 0.2) is 0 Å². The number of urea groups is 1. The molecule has 0 spiro atoms. The van der Waals surface area contributed by atoms with E-state index in [0.717, 1.165) is 44.9 Å². The Morgan fingerprint density at radius 1 is 1.24 bits per heavy atom. The Hall–Kier alpha value is -1.30. The van der Waals surface area contributed by atoms with Crippen LogP contribution in [0.1, 0.15) is 51.9 Å². The number of unbranched alkanes of at least 4 members (excludes halogenated alkanes) is 1. The standard InChI is InChI=1S/C15H28N2O4/c1-2-3-10-21-11-9-16-15(20)17-13(14(18)19)12-7-5-4-6-8-12/h12-13H,2-11H2,1H3,(H,18,19)(H2,16,17,20). The molecule has 1 unspecified atom stereocenters. The van der Waals surface area contributed by atoms with Crippen LogP contribution in [0.3, 0.4) is 0 Å². The Morgan fingerprint density at radius 2 is 1.95 bits per heavy atom. The molecule has 0 saturated heterocycles. The van der Waals surface area contributed by atoms with E-state index in [0.29, 0.717) is 19.8 Å². The van der Waals surface area contributed by atoms with Gasteiger partial charge in [0.25, 0.3) is 0 Å². The van der Waals surface area contributed by atoms with Crippen LogP contribution >= 0.6 is 0 Å². The van der Waals surface area contributed by atoms with E-state index >= 15 is 0 Å². The maximum absolute atomic E-state index is 11.7. The molecule has 0 bridgehead atoms. The van der Waals surface area contributed by atoms with E-state index in [1.54, 1.807) is 0 Å². The van der Waals surface area contributed by atoms with Crippen molar-refractivity contribution in [2.24, 2.45) is 5.92 Å². The third kappa shape index (κ3) is 7.32. The van der Waals surface area contributed by atoms with Crippen LogP contribution in [0.25, 0.3) is 0 Å². The van der Waals surface area contributed by atoms with Gasteiger partial charge in [-0.25, -0.2) is 9.59 Å². The number of aliphatic carboxylic acids is 1. The summed E-state index contributed by atoms with van der Waals surface area (Å²) in [6.07, 6.45) is 7.08. The van der Waals surface area contributed by atoms with E-state index in [1.165, 1.54) is 0 Å². The molecule has 1 rings (SSSR count). The molecule has 2 amide bonds. The van der Waals surface area contributed by atoms with Gasteiger partial charge < -0.3 is 20.5 Å². The Morgan fingerprint density at radius 3 is 2.57 bits per heavy atom. The van der Waals surface area contributed by atoms with E-state index in [-0.39, 0.29) is 5.92 Å². The van der Waals surface area contributed by atoms with Crippen molar-refractivity contribution in [2.75, 3.05) is 19.8 Å². The summed E-state index contributed by atoms with van der Waals surface area (Å²) in [6, 6.07) is -1.21. The minimum atomic E-state index is -0.948. The number of rotatable bonds is 9. The first kappa shape index (κ1) is 17.8. The molecule has 0 aromatic carbocycles. The molecular formula is C15H28N2O4. The number of carbonyl (C=O) groups is 2. The van der Waals surface area contributed by atoms with E-state index in [9.17, 15) is 14.7 Å². The van der Waals surface area contributed by atoms with Gasteiger partial charge in [-0.05, 0) is 25.2 Å². The fourth-order valence-electron chi connectivity index (χ4n) is 2.63. The maximum Gasteiger partial charge on any atom is 0.326 e. The molecule has 6 nitrogen and oxygen atoms in total. The molecule has 0 aromatic rings. The average molecular weight is 300 g/mol. The van der Waals surface area contributed by atoms with Gasteiger partial charge in [-0.1, -0.05) is 32.6 Å². The second-order valence-corrected chi connectivity index (χ2v) is 5.58. The zero-order chi connectivity index (χ0) is 15.5. The van der Waals surface area contributed by atoms with Crippen LogP contribution < -0.4 is 10.6 Å². The van der Waals surface area contributed by atoms with E-state index in [2.05, 4.69) is 17.6 Å². The van der Waals surface area contributed by atoms with Gasteiger partial charge in [-0.3, -0.25) is 0 Å². The van der Waals surface area contributed by atoms with Crippen molar-refractivity contribution in [3.05, 3.63) is 0 Å². The Labute approximate surface area is 126 Å². The molecule has 1 aliphatic carbocycles. The lowest BCUT2D eigenvalue weighted by atomic mass is 9.84. The van der Waals surface area contributed by atoms with Crippen LogP contribution in [0, 0.1) is 5.92 Å². The lowest BCUT2D eigenvalue weighted by Gasteiger charge is -2.28. The molecule has 1 fully saturated rings. The summed E-state index contributed by atoms with van der Waals surface area (Å²) in [5.41, 5.74) is 0. The summed E-state index contributed by atoms with van der Waals surface area (Å²) in [4.78, 5) is 23.1. The lowest BCUT2D eigenvalue weighted by Crippen LogP contribution is -2.50. The quantitative estimate of drug-likeness (QED) is 0.569. The average Bonchev–Trinajstić information content (AvgIpc) is 2.49. The number of carbonyl (C=O) groups excluding carboxylic acids is 1. The minimum Gasteiger partial charge on any atom is -0.480 e. The molecule has 0 aromatic heterocycles. The third-order valence-electron chi connectivity index (χ3n) is 3.85. The Balaban J connectivity index is 2.24. The number of ether oxygens (including phenoxy) is 1. The number of amides is 2. The van der Waals surface area contributed by atoms with Crippen molar-refractivity contribution < 1.29 is 19.4 Å². The van der Waals surface area contributed by atoms with Crippen molar-refractivity contribution in [2.45, 2.75) is 57.9 Å². The topological polar surface area (TPSA) is 87.7 Å². The second-order valence-electron chi connectivity index (χ2n) is 5.58. The van der Waals surface area contributed by atoms with Crippen LogP contribution in [-0.4, -0.2) is 42.9 Å². The van der Waals surface area contributed by atoms with Gasteiger partial charge in [0.1, 0.15) is 6.04 Å². The largest absolute Gasteiger partial charge is 0.480 e. The summed E-state index contributed by atoms with van der Waals surface area (Å²) in [5, 5.41) is 14.5. The summed E-state index contributed by atoms with van der Waals surface area (Å²) in [5.74, 6) is -0.904. The zero-order valence-corrected chi connectivity index (χ0v) is 12.9. The number of carboxylic acid groups (broad SMARTS) is 1. The van der Waals surface area contributed by atoms with Gasteiger partial charge in [-0.2, -0.15) is 0 Å². The number of carboxylic acids is 1. The van der Waals surface area contributed by atoms with Crippen LogP contribution in [0.2, 0.25) is 0 Å². The highest BCUT2D eigenvalue weighted by molar-refractivity contribution is 5.82. The molecule has 0 radical (unpaired) electrons. The second kappa shape index (κ2) is 10.4. The van der Waals surface area contributed by atoms with E-state index in [1.807, 2.05) is 0 Å². The van der Waals surface area contributed by atoms with Gasteiger partial charge in [-0.15, -0.1) is 0 Å². The number of hydrogen-bond acceptors (Lipinski definition) is 3. The van der Waals surface area contributed by atoms with E-state index < -0.39 is 18.0 Å². The van der Waals surface area contributed by atoms with Crippen molar-refractivity contribution in [1.82, 2.24) is 10.6 Å². The van der Waals surface area contributed by atoms with Crippen LogP contribution in [0.4, 0.5) is 4.79 Å². The highest BCUT2D eigenvalue weighted by atomic mass is 16.5. The highest BCUT2D eigenvalue weighted by Gasteiger charge is 2.30. The number of nitrogens with one attached hydrogen (secondary N) is 2.